The molecule has 2 rings (SSSR count). The fourth-order valence-corrected chi connectivity index (χ4v) is 2.00. The van der Waals surface area contributed by atoms with Gasteiger partial charge in [0, 0.05) is 19.2 Å². The molecule has 82 valence electrons. The van der Waals surface area contributed by atoms with E-state index in [1.165, 1.54) is 6.33 Å². The molecule has 1 aromatic heterocycles. The number of nitrogens with zero attached hydrogens (tertiary/aromatic N) is 3. The molecule has 2 heterocycles. The van der Waals surface area contributed by atoms with Gasteiger partial charge in [-0.25, -0.2) is 9.97 Å². The van der Waals surface area contributed by atoms with E-state index < -0.39 is 0 Å². The molecule has 1 fully saturated rings. The summed E-state index contributed by atoms with van der Waals surface area (Å²) in [6.07, 6.45) is 1.94. The van der Waals surface area contributed by atoms with Gasteiger partial charge in [-0.2, -0.15) is 0 Å². The van der Waals surface area contributed by atoms with Crippen LogP contribution in [0, 0.1) is 0 Å². The number of halogens is 1. The van der Waals surface area contributed by atoms with Crippen LogP contribution in [-0.4, -0.2) is 35.3 Å². The molecule has 0 unspecified atom stereocenters. The summed E-state index contributed by atoms with van der Waals surface area (Å²) in [5, 5.41) is 0.479. The Balaban J connectivity index is 2.16. The molecule has 0 aromatic carbocycles. The molecule has 0 amide bonds. The van der Waals surface area contributed by atoms with Gasteiger partial charge < -0.3 is 9.64 Å². The molecule has 0 radical (unpaired) electrons. The Morgan fingerprint density at radius 3 is 2.60 bits per heavy atom. The minimum Gasteiger partial charge on any atom is -0.372 e. The van der Waals surface area contributed by atoms with Crippen molar-refractivity contribution in [3.63, 3.8) is 0 Å². The summed E-state index contributed by atoms with van der Waals surface area (Å²) >= 11 is 5.83. The Labute approximate surface area is 94.2 Å². The molecule has 0 aliphatic carbocycles. The van der Waals surface area contributed by atoms with Crippen molar-refractivity contribution in [3.05, 3.63) is 17.5 Å². The molecule has 1 aromatic rings. The highest BCUT2D eigenvalue weighted by atomic mass is 35.5. The quantitative estimate of drug-likeness (QED) is 0.685. The molecule has 1 aliphatic rings. The van der Waals surface area contributed by atoms with Gasteiger partial charge in [-0.05, 0) is 13.8 Å². The first-order chi connectivity index (χ1) is 7.15. The lowest BCUT2D eigenvalue weighted by atomic mass is 10.2. The van der Waals surface area contributed by atoms with Crippen LogP contribution in [0.1, 0.15) is 13.8 Å². The van der Waals surface area contributed by atoms with E-state index in [0.29, 0.717) is 5.15 Å². The maximum atomic E-state index is 5.83. The van der Waals surface area contributed by atoms with Crippen LogP contribution in [0.15, 0.2) is 12.4 Å². The van der Waals surface area contributed by atoms with Crippen LogP contribution in [0.2, 0.25) is 5.15 Å². The molecule has 2 atom stereocenters. The van der Waals surface area contributed by atoms with Crippen molar-refractivity contribution in [1.82, 2.24) is 9.97 Å². The molecule has 4 nitrogen and oxygen atoms in total. The highest BCUT2D eigenvalue weighted by molar-refractivity contribution is 6.29. The van der Waals surface area contributed by atoms with Crippen LogP contribution >= 0.6 is 11.6 Å². The Morgan fingerprint density at radius 2 is 2.00 bits per heavy atom. The molecule has 0 spiro atoms. The lowest BCUT2D eigenvalue weighted by molar-refractivity contribution is -0.00546. The standard InChI is InChI=1S/C10H14ClN3O/c1-7-4-14(5-8(2)15-7)10-3-9(11)12-6-13-10/h3,6-8H,4-5H2,1-2H3/t7-,8+. The van der Waals surface area contributed by atoms with Crippen molar-refractivity contribution in [2.24, 2.45) is 0 Å². The van der Waals surface area contributed by atoms with Gasteiger partial charge in [0.05, 0.1) is 12.2 Å². The van der Waals surface area contributed by atoms with Crippen LogP contribution < -0.4 is 4.90 Å². The van der Waals surface area contributed by atoms with Gasteiger partial charge in [0.25, 0.3) is 0 Å². The summed E-state index contributed by atoms with van der Waals surface area (Å²) in [6, 6.07) is 1.78. The summed E-state index contributed by atoms with van der Waals surface area (Å²) < 4.78 is 5.65. The Hall–Kier alpha value is -0.870. The number of anilines is 1. The van der Waals surface area contributed by atoms with E-state index in [1.807, 2.05) is 0 Å². The predicted molar refractivity (Wildman–Crippen MR) is 59.3 cm³/mol. The molecule has 15 heavy (non-hydrogen) atoms. The van der Waals surface area contributed by atoms with Crippen molar-refractivity contribution in [1.29, 1.82) is 0 Å². The molecule has 1 aliphatic heterocycles. The second-order valence-electron chi connectivity index (χ2n) is 3.86. The lowest BCUT2D eigenvalue weighted by Crippen LogP contribution is -2.45. The zero-order valence-corrected chi connectivity index (χ0v) is 9.61. The monoisotopic (exact) mass is 227 g/mol. The van der Waals surface area contributed by atoms with Gasteiger partial charge in [-0.15, -0.1) is 0 Å². The molecule has 0 bridgehead atoms. The van der Waals surface area contributed by atoms with Crippen molar-refractivity contribution in [2.75, 3.05) is 18.0 Å². The topological polar surface area (TPSA) is 38.2 Å². The number of morpholine rings is 1. The number of aromatic nitrogens is 2. The van der Waals surface area contributed by atoms with Gasteiger partial charge in [0.2, 0.25) is 0 Å². The molecule has 1 saturated heterocycles. The third kappa shape index (κ3) is 2.58. The minimum atomic E-state index is 0.225. The van der Waals surface area contributed by atoms with Crippen molar-refractivity contribution in [2.45, 2.75) is 26.1 Å². The van der Waals surface area contributed by atoms with E-state index in [1.54, 1.807) is 6.07 Å². The van der Waals surface area contributed by atoms with Crippen LogP contribution in [-0.2, 0) is 4.74 Å². The maximum absolute atomic E-state index is 5.83. The average Bonchev–Trinajstić information content (AvgIpc) is 2.16. The fourth-order valence-electron chi connectivity index (χ4n) is 1.86. The van der Waals surface area contributed by atoms with Crippen molar-refractivity contribution < 1.29 is 4.74 Å². The van der Waals surface area contributed by atoms with Gasteiger partial charge in [-0.3, -0.25) is 0 Å². The first-order valence-electron chi connectivity index (χ1n) is 5.03. The van der Waals surface area contributed by atoms with Crippen molar-refractivity contribution >= 4 is 17.4 Å². The Morgan fingerprint density at radius 1 is 1.33 bits per heavy atom. The largest absolute Gasteiger partial charge is 0.372 e. The SMILES string of the molecule is C[C@@H]1CN(c2cc(Cl)ncn2)C[C@H](C)O1. The molecular formula is C10H14ClN3O. The smallest absolute Gasteiger partial charge is 0.134 e. The zero-order chi connectivity index (χ0) is 10.8. The summed E-state index contributed by atoms with van der Waals surface area (Å²) in [6.45, 7) is 5.81. The van der Waals surface area contributed by atoms with Gasteiger partial charge >= 0.3 is 0 Å². The fraction of sp³-hybridized carbons (Fsp3) is 0.600. The molecule has 0 saturated carbocycles. The second kappa shape index (κ2) is 4.33. The molecule has 5 heteroatoms. The summed E-state index contributed by atoms with van der Waals surface area (Å²) in [5.74, 6) is 0.872. The number of hydrogen-bond acceptors (Lipinski definition) is 4. The summed E-state index contributed by atoms with van der Waals surface area (Å²) in [7, 11) is 0. The van der Waals surface area contributed by atoms with Crippen LogP contribution in [0.5, 0.6) is 0 Å². The summed E-state index contributed by atoms with van der Waals surface area (Å²) in [4.78, 5) is 10.2. The second-order valence-corrected chi connectivity index (χ2v) is 4.25. The van der Waals surface area contributed by atoms with Gasteiger partial charge in [-0.1, -0.05) is 11.6 Å². The Bertz CT molecular complexity index is 337. The first kappa shape index (κ1) is 10.6. The molecule has 0 N–H and O–H groups in total. The van der Waals surface area contributed by atoms with E-state index in [9.17, 15) is 0 Å². The number of rotatable bonds is 1. The van der Waals surface area contributed by atoms with Crippen LogP contribution in [0.3, 0.4) is 0 Å². The number of hydrogen-bond donors (Lipinski definition) is 0. The third-order valence-corrected chi connectivity index (χ3v) is 2.57. The van der Waals surface area contributed by atoms with E-state index in [2.05, 4.69) is 28.7 Å². The minimum absolute atomic E-state index is 0.225. The van der Waals surface area contributed by atoms with E-state index in [0.717, 1.165) is 18.9 Å². The number of ether oxygens (including phenoxy) is 1. The Kier molecular flexibility index (Phi) is 3.07. The molecular weight excluding hydrogens is 214 g/mol. The third-order valence-electron chi connectivity index (χ3n) is 2.36. The highest BCUT2D eigenvalue weighted by Gasteiger charge is 2.23. The van der Waals surface area contributed by atoms with Gasteiger partial charge in [0.15, 0.2) is 0 Å². The van der Waals surface area contributed by atoms with E-state index in [4.69, 9.17) is 16.3 Å². The lowest BCUT2D eigenvalue weighted by Gasteiger charge is -2.35. The predicted octanol–water partition coefficient (Wildman–Crippen LogP) is 1.74. The van der Waals surface area contributed by atoms with E-state index in [-0.39, 0.29) is 12.2 Å². The van der Waals surface area contributed by atoms with E-state index >= 15 is 0 Å². The average molecular weight is 228 g/mol. The first-order valence-corrected chi connectivity index (χ1v) is 5.41. The van der Waals surface area contributed by atoms with Crippen LogP contribution in [0.4, 0.5) is 5.82 Å². The summed E-state index contributed by atoms with van der Waals surface area (Å²) in [5.41, 5.74) is 0. The van der Waals surface area contributed by atoms with Crippen LogP contribution in [0.25, 0.3) is 0 Å². The van der Waals surface area contributed by atoms with Crippen molar-refractivity contribution in [3.8, 4) is 0 Å². The highest BCUT2D eigenvalue weighted by Crippen LogP contribution is 2.19. The van der Waals surface area contributed by atoms with Gasteiger partial charge in [0.1, 0.15) is 17.3 Å². The zero-order valence-electron chi connectivity index (χ0n) is 8.85. The maximum Gasteiger partial charge on any atom is 0.134 e. The normalized spacial score (nSPS) is 26.7.